The number of amides is 1. The molecular weight excluding hydrogens is 319 g/mol. The van der Waals surface area contributed by atoms with E-state index >= 15 is 0 Å². The van der Waals surface area contributed by atoms with Crippen molar-refractivity contribution in [1.29, 1.82) is 5.26 Å². The Morgan fingerprint density at radius 3 is 2.62 bits per heavy atom. The van der Waals surface area contributed by atoms with E-state index in [4.69, 9.17) is 5.26 Å². The van der Waals surface area contributed by atoms with Crippen molar-refractivity contribution < 1.29 is 18.0 Å². The van der Waals surface area contributed by atoms with Gasteiger partial charge >= 0.3 is 6.18 Å². The largest absolute Gasteiger partial charge is 0.416 e. The molecule has 7 heteroatoms. The van der Waals surface area contributed by atoms with E-state index in [1.54, 1.807) is 4.90 Å². The predicted molar refractivity (Wildman–Crippen MR) is 80.9 cm³/mol. The minimum Gasteiger partial charge on any atom is -0.325 e. The number of nitrogens with one attached hydrogen (secondary N) is 1. The third-order valence-corrected chi connectivity index (χ3v) is 4.82. The van der Waals surface area contributed by atoms with Gasteiger partial charge in [-0.2, -0.15) is 18.4 Å². The van der Waals surface area contributed by atoms with Crippen LogP contribution < -0.4 is 5.32 Å². The molecule has 0 saturated carbocycles. The van der Waals surface area contributed by atoms with Crippen LogP contribution in [-0.2, 0) is 11.0 Å². The first-order valence-electron chi connectivity index (χ1n) is 8.01. The third kappa shape index (κ3) is 3.24. The molecule has 1 amide bonds. The number of hydrogen-bond acceptors (Lipinski definition) is 3. The van der Waals surface area contributed by atoms with Crippen molar-refractivity contribution in [3.8, 4) is 6.07 Å². The minimum absolute atomic E-state index is 0.00405. The van der Waals surface area contributed by atoms with E-state index < -0.39 is 11.7 Å². The molecule has 24 heavy (non-hydrogen) atoms. The molecule has 2 aliphatic rings. The van der Waals surface area contributed by atoms with E-state index in [2.05, 4.69) is 11.4 Å². The summed E-state index contributed by atoms with van der Waals surface area (Å²) in [6.07, 6.45) is -2.26. The summed E-state index contributed by atoms with van der Waals surface area (Å²) in [5.41, 5.74) is 0.128. The second kappa shape index (κ2) is 6.44. The fourth-order valence-electron chi connectivity index (χ4n) is 3.49. The van der Waals surface area contributed by atoms with Gasteiger partial charge in [-0.05, 0) is 42.9 Å². The third-order valence-electron chi connectivity index (χ3n) is 4.82. The van der Waals surface area contributed by atoms with Crippen molar-refractivity contribution in [1.82, 2.24) is 10.2 Å². The van der Waals surface area contributed by atoms with Gasteiger partial charge < -0.3 is 10.2 Å². The number of carbonyl (C=O) groups is 1. The Balaban J connectivity index is 1.65. The van der Waals surface area contributed by atoms with Gasteiger partial charge in [-0.15, -0.1) is 0 Å². The molecule has 3 atom stereocenters. The van der Waals surface area contributed by atoms with Crippen LogP contribution in [0.15, 0.2) is 24.3 Å². The molecule has 0 unspecified atom stereocenters. The molecule has 4 nitrogen and oxygen atoms in total. The number of likely N-dealkylation sites (tertiary alicyclic amines) is 1. The fraction of sp³-hybridized carbons (Fsp3) is 0.529. The topological polar surface area (TPSA) is 56.1 Å². The van der Waals surface area contributed by atoms with Gasteiger partial charge in [0.2, 0.25) is 5.91 Å². The summed E-state index contributed by atoms with van der Waals surface area (Å²) in [4.78, 5) is 14.2. The molecule has 2 aliphatic heterocycles. The van der Waals surface area contributed by atoms with Crippen molar-refractivity contribution in [2.24, 2.45) is 0 Å². The average molecular weight is 337 g/mol. The molecular formula is C17H18F3N3O. The minimum atomic E-state index is -4.34. The average Bonchev–Trinajstić information content (AvgIpc) is 3.22. The Morgan fingerprint density at radius 2 is 2.00 bits per heavy atom. The fourth-order valence-corrected chi connectivity index (χ4v) is 3.49. The SMILES string of the molecule is N#C[C@@H]1CCCN1C(=O)[C@@H]1C[C@H](c2ccc(C(F)(F)F)cc2)CN1. The zero-order valence-electron chi connectivity index (χ0n) is 13.0. The van der Waals surface area contributed by atoms with E-state index in [0.29, 0.717) is 25.9 Å². The first kappa shape index (κ1) is 16.8. The van der Waals surface area contributed by atoms with E-state index in [1.165, 1.54) is 12.1 Å². The van der Waals surface area contributed by atoms with Crippen LogP contribution in [0.1, 0.15) is 36.3 Å². The van der Waals surface area contributed by atoms with E-state index in [9.17, 15) is 18.0 Å². The monoisotopic (exact) mass is 337 g/mol. The normalized spacial score (nSPS) is 27.2. The highest BCUT2D eigenvalue weighted by molar-refractivity contribution is 5.83. The summed E-state index contributed by atoms with van der Waals surface area (Å²) in [6, 6.07) is 6.55. The molecule has 0 spiro atoms. The maximum absolute atomic E-state index is 12.6. The standard InChI is InChI=1S/C17H18F3N3O/c18-17(19,20)13-5-3-11(4-6-13)12-8-15(22-10-12)16(24)23-7-1-2-14(23)9-21/h3-6,12,14-15,22H,1-2,7-8,10H2/t12-,14-,15-/m0/s1. The van der Waals surface area contributed by atoms with Gasteiger partial charge in [0.15, 0.2) is 0 Å². The maximum Gasteiger partial charge on any atom is 0.416 e. The lowest BCUT2D eigenvalue weighted by molar-refractivity contribution is -0.137. The van der Waals surface area contributed by atoms with E-state index in [1.807, 2.05) is 0 Å². The Kier molecular flexibility index (Phi) is 4.50. The molecule has 128 valence electrons. The first-order valence-corrected chi connectivity index (χ1v) is 8.01. The van der Waals surface area contributed by atoms with Gasteiger partial charge in [-0.1, -0.05) is 12.1 Å². The molecule has 3 rings (SSSR count). The summed E-state index contributed by atoms with van der Waals surface area (Å²) < 4.78 is 37.9. The molecule has 1 N–H and O–H groups in total. The van der Waals surface area contributed by atoms with E-state index in [0.717, 1.165) is 24.1 Å². The zero-order valence-corrected chi connectivity index (χ0v) is 13.0. The summed E-state index contributed by atoms with van der Waals surface area (Å²) in [7, 11) is 0. The lowest BCUT2D eigenvalue weighted by Crippen LogP contribution is -2.45. The smallest absolute Gasteiger partial charge is 0.325 e. The van der Waals surface area contributed by atoms with Crippen LogP contribution in [0.2, 0.25) is 0 Å². The van der Waals surface area contributed by atoms with Crippen LogP contribution in [-0.4, -0.2) is 36.0 Å². The summed E-state index contributed by atoms with van der Waals surface area (Å²) >= 11 is 0. The molecule has 0 aromatic heterocycles. The van der Waals surface area contributed by atoms with Gasteiger partial charge in [-0.3, -0.25) is 4.79 Å². The number of nitriles is 1. The molecule has 2 fully saturated rings. The Labute approximate surface area is 138 Å². The first-order chi connectivity index (χ1) is 11.4. The highest BCUT2D eigenvalue weighted by Crippen LogP contribution is 2.32. The zero-order chi connectivity index (χ0) is 17.3. The highest BCUT2D eigenvalue weighted by atomic mass is 19.4. The van der Waals surface area contributed by atoms with Crippen molar-refractivity contribution in [3.05, 3.63) is 35.4 Å². The van der Waals surface area contributed by atoms with Gasteiger partial charge in [-0.25, -0.2) is 0 Å². The lowest BCUT2D eigenvalue weighted by atomic mass is 9.95. The molecule has 1 aromatic rings. The van der Waals surface area contributed by atoms with Crippen LogP contribution in [0.5, 0.6) is 0 Å². The summed E-state index contributed by atoms with van der Waals surface area (Å²) in [5.74, 6) is -0.0714. The van der Waals surface area contributed by atoms with Crippen LogP contribution >= 0.6 is 0 Å². The number of rotatable bonds is 2. The number of carbonyl (C=O) groups excluding carboxylic acids is 1. The Morgan fingerprint density at radius 1 is 1.29 bits per heavy atom. The van der Waals surface area contributed by atoms with Crippen LogP contribution in [0.25, 0.3) is 0 Å². The number of nitrogens with zero attached hydrogens (tertiary/aromatic N) is 2. The Bertz CT molecular complexity index is 651. The number of hydrogen-bond donors (Lipinski definition) is 1. The quantitative estimate of drug-likeness (QED) is 0.903. The number of alkyl halides is 3. The van der Waals surface area contributed by atoms with Crippen molar-refractivity contribution in [3.63, 3.8) is 0 Å². The van der Waals surface area contributed by atoms with Gasteiger partial charge in [0.1, 0.15) is 6.04 Å². The lowest BCUT2D eigenvalue weighted by Gasteiger charge is -2.23. The van der Waals surface area contributed by atoms with Crippen molar-refractivity contribution >= 4 is 5.91 Å². The van der Waals surface area contributed by atoms with Crippen molar-refractivity contribution in [2.75, 3.05) is 13.1 Å². The number of benzene rings is 1. The van der Waals surface area contributed by atoms with Gasteiger partial charge in [0.25, 0.3) is 0 Å². The summed E-state index contributed by atoms with van der Waals surface area (Å²) in [5, 5.41) is 12.2. The molecule has 0 bridgehead atoms. The molecule has 0 aliphatic carbocycles. The second-order valence-corrected chi connectivity index (χ2v) is 6.33. The van der Waals surface area contributed by atoms with Crippen LogP contribution in [0.4, 0.5) is 13.2 Å². The highest BCUT2D eigenvalue weighted by Gasteiger charge is 2.37. The predicted octanol–water partition coefficient (Wildman–Crippen LogP) is 2.67. The Hall–Kier alpha value is -2.07. The van der Waals surface area contributed by atoms with Gasteiger partial charge in [0, 0.05) is 13.1 Å². The summed E-state index contributed by atoms with van der Waals surface area (Å²) in [6.45, 7) is 1.15. The molecule has 2 saturated heterocycles. The van der Waals surface area contributed by atoms with Crippen molar-refractivity contribution in [2.45, 2.75) is 43.4 Å². The number of halogens is 3. The van der Waals surface area contributed by atoms with Crippen LogP contribution in [0, 0.1) is 11.3 Å². The molecule has 0 radical (unpaired) electrons. The maximum atomic E-state index is 12.6. The van der Waals surface area contributed by atoms with Gasteiger partial charge in [0.05, 0.1) is 17.7 Å². The molecule has 2 heterocycles. The second-order valence-electron chi connectivity index (χ2n) is 6.33. The molecule has 1 aromatic carbocycles. The van der Waals surface area contributed by atoms with Crippen LogP contribution in [0.3, 0.4) is 0 Å². The van der Waals surface area contributed by atoms with E-state index in [-0.39, 0.29) is 23.9 Å².